The van der Waals surface area contributed by atoms with Crippen LogP contribution in [0.15, 0.2) is 24.3 Å². The maximum Gasteiger partial charge on any atom is 0.322 e. The molecule has 6 heteroatoms. The first-order valence-corrected chi connectivity index (χ1v) is 8.53. The quantitative estimate of drug-likeness (QED) is 0.927. The molecule has 6 nitrogen and oxygen atoms in total. The highest BCUT2D eigenvalue weighted by Gasteiger charge is 2.31. The third kappa shape index (κ3) is 3.67. The van der Waals surface area contributed by atoms with Crippen LogP contribution in [0.2, 0.25) is 0 Å². The second kappa shape index (κ2) is 7.35. The van der Waals surface area contributed by atoms with Crippen molar-refractivity contribution in [2.45, 2.75) is 38.1 Å². The molecule has 0 radical (unpaired) electrons. The molecule has 1 aromatic carbocycles. The van der Waals surface area contributed by atoms with Crippen LogP contribution in [0.1, 0.15) is 37.7 Å². The monoisotopic (exact) mass is 326 g/mol. The van der Waals surface area contributed by atoms with Crippen molar-refractivity contribution in [3.8, 4) is 6.07 Å². The normalized spacial score (nSPS) is 20.8. The summed E-state index contributed by atoms with van der Waals surface area (Å²) in [5, 5.41) is 11.7. The molecule has 1 atom stereocenters. The Hall–Kier alpha value is -2.55. The number of rotatable bonds is 3. The summed E-state index contributed by atoms with van der Waals surface area (Å²) < 4.78 is 0. The minimum Gasteiger partial charge on any atom is -0.341 e. The van der Waals surface area contributed by atoms with E-state index in [1.54, 1.807) is 24.3 Å². The van der Waals surface area contributed by atoms with E-state index in [4.69, 9.17) is 5.26 Å². The number of anilines is 1. The van der Waals surface area contributed by atoms with Gasteiger partial charge in [-0.05, 0) is 49.9 Å². The number of urea groups is 1. The first-order chi connectivity index (χ1) is 11.7. The maximum absolute atomic E-state index is 12.6. The Bertz CT molecular complexity index is 650. The van der Waals surface area contributed by atoms with Crippen LogP contribution in [-0.4, -0.2) is 47.4 Å². The first kappa shape index (κ1) is 16.3. The van der Waals surface area contributed by atoms with Gasteiger partial charge >= 0.3 is 6.03 Å². The SMILES string of the molecule is N#Cc1ccc(NC(=O)N2CCCC[C@@H]2CN2CCCC2=O)cc1. The highest BCUT2D eigenvalue weighted by molar-refractivity contribution is 5.89. The van der Waals surface area contributed by atoms with Gasteiger partial charge in [0.25, 0.3) is 0 Å². The van der Waals surface area contributed by atoms with Gasteiger partial charge < -0.3 is 15.1 Å². The van der Waals surface area contributed by atoms with Gasteiger partial charge in [-0.2, -0.15) is 5.26 Å². The summed E-state index contributed by atoms with van der Waals surface area (Å²) >= 11 is 0. The molecule has 2 aliphatic heterocycles. The fourth-order valence-corrected chi connectivity index (χ4v) is 3.43. The molecule has 3 amide bonds. The molecule has 1 N–H and O–H groups in total. The lowest BCUT2D eigenvalue weighted by molar-refractivity contribution is -0.128. The molecule has 1 aromatic rings. The van der Waals surface area contributed by atoms with Crippen LogP contribution < -0.4 is 5.32 Å². The number of carbonyl (C=O) groups excluding carboxylic acids is 2. The molecular formula is C18H22N4O2. The Morgan fingerprint density at radius 2 is 2.00 bits per heavy atom. The van der Waals surface area contributed by atoms with E-state index in [1.807, 2.05) is 9.80 Å². The van der Waals surface area contributed by atoms with Crippen molar-refractivity contribution in [3.63, 3.8) is 0 Å². The lowest BCUT2D eigenvalue weighted by Gasteiger charge is -2.37. The van der Waals surface area contributed by atoms with Crippen molar-refractivity contribution in [1.29, 1.82) is 5.26 Å². The third-order valence-corrected chi connectivity index (χ3v) is 4.76. The topological polar surface area (TPSA) is 76.4 Å². The Balaban J connectivity index is 1.64. The number of likely N-dealkylation sites (tertiary alicyclic amines) is 2. The van der Waals surface area contributed by atoms with Gasteiger partial charge in [0, 0.05) is 31.7 Å². The van der Waals surface area contributed by atoms with E-state index in [0.717, 1.165) is 38.8 Å². The zero-order valence-electron chi connectivity index (χ0n) is 13.7. The number of nitrogens with zero attached hydrogens (tertiary/aromatic N) is 3. The molecule has 126 valence electrons. The predicted octanol–water partition coefficient (Wildman–Crippen LogP) is 2.57. The molecule has 0 spiro atoms. The van der Waals surface area contributed by atoms with Crippen LogP contribution in [0.4, 0.5) is 10.5 Å². The molecule has 0 bridgehead atoms. The predicted molar refractivity (Wildman–Crippen MR) is 90.3 cm³/mol. The summed E-state index contributed by atoms with van der Waals surface area (Å²) in [4.78, 5) is 28.2. The number of nitrogens with one attached hydrogen (secondary N) is 1. The van der Waals surface area contributed by atoms with Gasteiger partial charge in [0.2, 0.25) is 5.91 Å². The van der Waals surface area contributed by atoms with Crippen molar-refractivity contribution in [3.05, 3.63) is 29.8 Å². The number of nitriles is 1. The Morgan fingerprint density at radius 1 is 1.21 bits per heavy atom. The average molecular weight is 326 g/mol. The van der Waals surface area contributed by atoms with E-state index in [2.05, 4.69) is 11.4 Å². The summed E-state index contributed by atoms with van der Waals surface area (Å²) in [7, 11) is 0. The summed E-state index contributed by atoms with van der Waals surface area (Å²) in [5.41, 5.74) is 1.25. The third-order valence-electron chi connectivity index (χ3n) is 4.76. The van der Waals surface area contributed by atoms with Crippen LogP contribution in [0, 0.1) is 11.3 Å². The Labute approximate surface area is 142 Å². The van der Waals surface area contributed by atoms with Crippen LogP contribution in [-0.2, 0) is 4.79 Å². The number of amides is 3. The molecule has 0 unspecified atom stereocenters. The average Bonchev–Trinajstić information content (AvgIpc) is 3.01. The van der Waals surface area contributed by atoms with E-state index >= 15 is 0 Å². The smallest absolute Gasteiger partial charge is 0.322 e. The van der Waals surface area contributed by atoms with Gasteiger partial charge in [0.05, 0.1) is 17.7 Å². The standard InChI is InChI=1S/C18H22N4O2/c19-12-14-6-8-15(9-7-14)20-18(24)22-11-2-1-4-16(22)13-21-10-3-5-17(21)23/h6-9,16H,1-5,10-11,13H2,(H,20,24)/t16-/m1/s1. The van der Waals surface area contributed by atoms with Crippen molar-refractivity contribution in [2.75, 3.05) is 25.0 Å². The van der Waals surface area contributed by atoms with Gasteiger partial charge in [-0.1, -0.05) is 0 Å². The minimum absolute atomic E-state index is 0.0826. The molecule has 24 heavy (non-hydrogen) atoms. The highest BCUT2D eigenvalue weighted by atomic mass is 16.2. The highest BCUT2D eigenvalue weighted by Crippen LogP contribution is 2.22. The number of benzene rings is 1. The molecule has 2 saturated heterocycles. The van der Waals surface area contributed by atoms with Crippen LogP contribution in [0.25, 0.3) is 0 Å². The first-order valence-electron chi connectivity index (χ1n) is 8.53. The Morgan fingerprint density at radius 3 is 2.67 bits per heavy atom. The minimum atomic E-state index is -0.129. The van der Waals surface area contributed by atoms with Gasteiger partial charge in [0.15, 0.2) is 0 Å². The zero-order chi connectivity index (χ0) is 16.9. The second-order valence-corrected chi connectivity index (χ2v) is 6.41. The fourth-order valence-electron chi connectivity index (χ4n) is 3.43. The van der Waals surface area contributed by atoms with E-state index in [1.165, 1.54) is 0 Å². The molecule has 0 aromatic heterocycles. The van der Waals surface area contributed by atoms with E-state index in [9.17, 15) is 9.59 Å². The van der Waals surface area contributed by atoms with Crippen molar-refractivity contribution in [2.24, 2.45) is 0 Å². The molecule has 0 aliphatic carbocycles. The second-order valence-electron chi connectivity index (χ2n) is 6.41. The van der Waals surface area contributed by atoms with Crippen LogP contribution in [0.3, 0.4) is 0 Å². The summed E-state index contributed by atoms with van der Waals surface area (Å²) in [6.45, 7) is 2.16. The molecule has 3 rings (SSSR count). The van der Waals surface area contributed by atoms with Gasteiger partial charge in [-0.25, -0.2) is 4.79 Å². The lowest BCUT2D eigenvalue weighted by Crippen LogP contribution is -2.51. The summed E-state index contributed by atoms with van der Waals surface area (Å²) in [6, 6.07) is 8.86. The fraction of sp³-hybridized carbons (Fsp3) is 0.500. The number of hydrogen-bond acceptors (Lipinski definition) is 3. The van der Waals surface area contributed by atoms with Crippen LogP contribution in [0.5, 0.6) is 0 Å². The number of piperidine rings is 1. The van der Waals surface area contributed by atoms with Crippen molar-refractivity contribution >= 4 is 17.6 Å². The van der Waals surface area contributed by atoms with Gasteiger partial charge in [-0.3, -0.25) is 4.79 Å². The number of carbonyl (C=O) groups is 2. The molecule has 2 aliphatic rings. The van der Waals surface area contributed by atoms with Crippen molar-refractivity contribution in [1.82, 2.24) is 9.80 Å². The number of hydrogen-bond donors (Lipinski definition) is 1. The molecule has 2 heterocycles. The van der Waals surface area contributed by atoms with E-state index < -0.39 is 0 Å². The summed E-state index contributed by atoms with van der Waals surface area (Å²) in [5.74, 6) is 0.202. The van der Waals surface area contributed by atoms with Crippen LogP contribution >= 0.6 is 0 Å². The largest absolute Gasteiger partial charge is 0.341 e. The zero-order valence-corrected chi connectivity index (χ0v) is 13.7. The molecular weight excluding hydrogens is 304 g/mol. The van der Waals surface area contributed by atoms with Gasteiger partial charge in [-0.15, -0.1) is 0 Å². The van der Waals surface area contributed by atoms with E-state index in [0.29, 0.717) is 24.2 Å². The van der Waals surface area contributed by atoms with E-state index in [-0.39, 0.29) is 18.0 Å². The maximum atomic E-state index is 12.6. The molecule has 0 saturated carbocycles. The summed E-state index contributed by atoms with van der Waals surface area (Å²) in [6.07, 6.45) is 4.57. The Kier molecular flexibility index (Phi) is 4.99. The van der Waals surface area contributed by atoms with Crippen molar-refractivity contribution < 1.29 is 9.59 Å². The molecule has 2 fully saturated rings. The lowest BCUT2D eigenvalue weighted by atomic mass is 10.0. The van der Waals surface area contributed by atoms with Gasteiger partial charge in [0.1, 0.15) is 0 Å².